The van der Waals surface area contributed by atoms with Gasteiger partial charge in [0.05, 0.1) is 16.8 Å². The Morgan fingerprint density at radius 2 is 1.97 bits per heavy atom. The third-order valence-corrected chi connectivity index (χ3v) is 5.16. The molecule has 1 aliphatic rings. The number of hydrogen-bond donors (Lipinski definition) is 2. The van der Waals surface area contributed by atoms with Crippen molar-refractivity contribution in [1.29, 1.82) is 0 Å². The van der Waals surface area contributed by atoms with Crippen molar-refractivity contribution in [1.82, 2.24) is 9.97 Å². The smallest absolute Gasteiger partial charge is 0.274 e. The fourth-order valence-electron chi connectivity index (χ4n) is 3.45. The van der Waals surface area contributed by atoms with Crippen LogP contribution in [0.15, 0.2) is 53.9 Å². The van der Waals surface area contributed by atoms with Crippen LogP contribution < -0.4 is 11.1 Å². The van der Waals surface area contributed by atoms with E-state index in [1.165, 1.54) is 36.7 Å². The SMILES string of the molecule is CC1(c2cc(NC(=O)c3ccc(Cl)cn3)ccc2F)Cc2c(F)cncc2C(N)=N1. The second kappa shape index (κ2) is 7.46. The van der Waals surface area contributed by atoms with Gasteiger partial charge in [0.25, 0.3) is 5.91 Å². The predicted octanol–water partition coefficient (Wildman–Crippen LogP) is 3.84. The number of nitrogens with two attached hydrogens (primary N) is 1. The van der Waals surface area contributed by atoms with Crippen LogP contribution in [0.2, 0.25) is 5.02 Å². The lowest BCUT2D eigenvalue weighted by Crippen LogP contribution is -2.35. The molecule has 0 radical (unpaired) electrons. The van der Waals surface area contributed by atoms with Crippen molar-refractivity contribution in [2.45, 2.75) is 18.9 Å². The summed E-state index contributed by atoms with van der Waals surface area (Å²) in [6.07, 6.45) is 3.96. The van der Waals surface area contributed by atoms with Gasteiger partial charge in [-0.15, -0.1) is 0 Å². The highest BCUT2D eigenvalue weighted by atomic mass is 35.5. The van der Waals surface area contributed by atoms with E-state index < -0.39 is 23.1 Å². The molecule has 2 aromatic heterocycles. The Hall–Kier alpha value is -3.39. The van der Waals surface area contributed by atoms with Gasteiger partial charge >= 0.3 is 0 Å². The molecule has 9 heteroatoms. The lowest BCUT2D eigenvalue weighted by atomic mass is 9.82. The van der Waals surface area contributed by atoms with Crippen LogP contribution in [0.4, 0.5) is 14.5 Å². The number of amidine groups is 1. The standard InChI is InChI=1S/C21H16ClF2N5O/c1-21(7-13-14(19(25)29-21)9-26-10-17(13)24)15-6-12(3-4-16(15)23)28-20(30)18-5-2-11(22)8-27-18/h2-6,8-10H,7H2,1H3,(H2,25,29)(H,28,30). The van der Waals surface area contributed by atoms with E-state index in [9.17, 15) is 13.6 Å². The molecular weight excluding hydrogens is 412 g/mol. The van der Waals surface area contributed by atoms with Crippen LogP contribution >= 0.6 is 11.6 Å². The summed E-state index contributed by atoms with van der Waals surface area (Å²) >= 11 is 5.79. The average molecular weight is 428 g/mol. The Morgan fingerprint density at radius 1 is 1.17 bits per heavy atom. The fourth-order valence-corrected chi connectivity index (χ4v) is 3.56. The second-order valence-electron chi connectivity index (χ2n) is 7.11. The van der Waals surface area contributed by atoms with Crippen molar-refractivity contribution in [2.75, 3.05) is 5.32 Å². The zero-order chi connectivity index (χ0) is 21.5. The van der Waals surface area contributed by atoms with Crippen LogP contribution in [-0.2, 0) is 12.0 Å². The molecule has 0 bridgehead atoms. The Bertz CT molecular complexity index is 1180. The second-order valence-corrected chi connectivity index (χ2v) is 7.54. The number of carbonyl (C=O) groups is 1. The quantitative estimate of drug-likeness (QED) is 0.664. The summed E-state index contributed by atoms with van der Waals surface area (Å²) in [7, 11) is 0. The maximum atomic E-state index is 14.8. The molecule has 1 aliphatic heterocycles. The predicted molar refractivity (Wildman–Crippen MR) is 110 cm³/mol. The van der Waals surface area contributed by atoms with Gasteiger partial charge in [-0.3, -0.25) is 14.8 Å². The molecule has 30 heavy (non-hydrogen) atoms. The van der Waals surface area contributed by atoms with Crippen LogP contribution in [-0.4, -0.2) is 21.7 Å². The minimum atomic E-state index is -1.16. The van der Waals surface area contributed by atoms with Gasteiger partial charge in [-0.2, -0.15) is 0 Å². The van der Waals surface area contributed by atoms with Crippen molar-refractivity contribution in [3.05, 3.63) is 88.0 Å². The molecule has 1 amide bonds. The summed E-state index contributed by atoms with van der Waals surface area (Å²) in [5.41, 5.74) is 6.23. The van der Waals surface area contributed by atoms with E-state index in [4.69, 9.17) is 17.3 Å². The van der Waals surface area contributed by atoms with E-state index in [1.807, 2.05) is 0 Å². The van der Waals surface area contributed by atoms with E-state index >= 15 is 0 Å². The molecule has 0 saturated carbocycles. The fraction of sp³-hybridized carbons (Fsp3) is 0.143. The molecule has 0 saturated heterocycles. The molecule has 3 N–H and O–H groups in total. The van der Waals surface area contributed by atoms with Crippen molar-refractivity contribution in [3.63, 3.8) is 0 Å². The number of halogens is 3. The summed E-state index contributed by atoms with van der Waals surface area (Å²) < 4.78 is 29.1. The Kier molecular flexibility index (Phi) is 4.95. The Balaban J connectivity index is 1.68. The number of fused-ring (bicyclic) bond motifs is 1. The summed E-state index contributed by atoms with van der Waals surface area (Å²) in [5, 5.41) is 3.07. The van der Waals surface area contributed by atoms with Gasteiger partial charge in [-0.1, -0.05) is 11.6 Å². The number of nitrogens with zero attached hydrogens (tertiary/aromatic N) is 3. The minimum Gasteiger partial charge on any atom is -0.383 e. The highest BCUT2D eigenvalue weighted by Gasteiger charge is 2.36. The molecule has 1 unspecified atom stereocenters. The Labute approximate surface area is 175 Å². The monoisotopic (exact) mass is 427 g/mol. The summed E-state index contributed by atoms with van der Waals surface area (Å²) in [5.74, 6) is -1.49. The maximum absolute atomic E-state index is 14.8. The lowest BCUT2D eigenvalue weighted by molar-refractivity contribution is 0.102. The lowest BCUT2D eigenvalue weighted by Gasteiger charge is -2.32. The van der Waals surface area contributed by atoms with Crippen LogP contribution in [0.1, 0.15) is 34.1 Å². The minimum absolute atomic E-state index is 0.0740. The number of anilines is 1. The van der Waals surface area contributed by atoms with Gasteiger partial charge < -0.3 is 11.1 Å². The first kappa shape index (κ1) is 19.9. The zero-order valence-corrected chi connectivity index (χ0v) is 16.5. The number of aromatic nitrogens is 2. The summed E-state index contributed by atoms with van der Waals surface area (Å²) in [6, 6.07) is 7.12. The number of aliphatic imine (C=N–C) groups is 1. The molecule has 0 spiro atoms. The van der Waals surface area contributed by atoms with Gasteiger partial charge in [0.15, 0.2) is 0 Å². The van der Waals surface area contributed by atoms with Crippen molar-refractivity contribution in [2.24, 2.45) is 10.7 Å². The molecule has 3 aromatic rings. The third kappa shape index (κ3) is 3.61. The number of carbonyl (C=O) groups excluding carboxylic acids is 1. The van der Waals surface area contributed by atoms with E-state index in [0.29, 0.717) is 21.8 Å². The third-order valence-electron chi connectivity index (χ3n) is 4.93. The maximum Gasteiger partial charge on any atom is 0.274 e. The molecule has 4 rings (SSSR count). The van der Waals surface area contributed by atoms with Gasteiger partial charge in [0.2, 0.25) is 0 Å². The molecule has 3 heterocycles. The molecular formula is C21H16ClF2N5O. The van der Waals surface area contributed by atoms with E-state index in [0.717, 1.165) is 6.20 Å². The van der Waals surface area contributed by atoms with Crippen LogP contribution in [0.25, 0.3) is 0 Å². The van der Waals surface area contributed by atoms with Gasteiger partial charge in [-0.25, -0.2) is 13.8 Å². The van der Waals surface area contributed by atoms with E-state index in [1.54, 1.807) is 13.0 Å². The number of benzene rings is 1. The van der Waals surface area contributed by atoms with E-state index in [-0.39, 0.29) is 23.5 Å². The van der Waals surface area contributed by atoms with Crippen LogP contribution in [0.5, 0.6) is 0 Å². The van der Waals surface area contributed by atoms with Crippen molar-refractivity contribution in [3.8, 4) is 0 Å². The summed E-state index contributed by atoms with van der Waals surface area (Å²) in [6.45, 7) is 1.66. The van der Waals surface area contributed by atoms with Gasteiger partial charge in [0, 0.05) is 41.2 Å². The van der Waals surface area contributed by atoms with Crippen molar-refractivity contribution >= 4 is 29.0 Å². The van der Waals surface area contributed by atoms with Crippen molar-refractivity contribution < 1.29 is 13.6 Å². The molecule has 0 aliphatic carbocycles. The number of hydrogen-bond acceptors (Lipinski definition) is 5. The molecule has 0 fully saturated rings. The topological polar surface area (TPSA) is 93.3 Å². The zero-order valence-electron chi connectivity index (χ0n) is 15.8. The van der Waals surface area contributed by atoms with Gasteiger partial charge in [0.1, 0.15) is 23.2 Å². The normalized spacial score (nSPS) is 17.8. The first-order chi connectivity index (χ1) is 14.3. The van der Waals surface area contributed by atoms with E-state index in [2.05, 4.69) is 20.3 Å². The highest BCUT2D eigenvalue weighted by Crippen LogP contribution is 2.37. The van der Waals surface area contributed by atoms with Gasteiger partial charge in [-0.05, 0) is 37.3 Å². The number of pyridine rings is 2. The van der Waals surface area contributed by atoms with Crippen LogP contribution in [0, 0.1) is 11.6 Å². The first-order valence-corrected chi connectivity index (χ1v) is 9.35. The highest BCUT2D eigenvalue weighted by molar-refractivity contribution is 6.30. The molecule has 6 nitrogen and oxygen atoms in total. The summed E-state index contributed by atoms with van der Waals surface area (Å²) in [4.78, 5) is 24.6. The average Bonchev–Trinajstić information content (AvgIpc) is 2.71. The first-order valence-electron chi connectivity index (χ1n) is 8.98. The number of rotatable bonds is 3. The number of nitrogens with one attached hydrogen (secondary N) is 1. The molecule has 1 atom stereocenters. The molecule has 152 valence electrons. The Morgan fingerprint density at radius 3 is 2.70 bits per heavy atom. The largest absolute Gasteiger partial charge is 0.383 e. The number of amides is 1. The van der Waals surface area contributed by atoms with Crippen LogP contribution in [0.3, 0.4) is 0 Å². The molecule has 1 aromatic carbocycles.